The number of piperidine rings is 1. The van der Waals surface area contributed by atoms with Crippen LogP contribution in [0.3, 0.4) is 0 Å². The number of hydrogen-bond acceptors (Lipinski definition) is 5. The monoisotopic (exact) mass is 323 g/mol. The van der Waals surface area contributed by atoms with Gasteiger partial charge in [-0.05, 0) is 32.0 Å². The van der Waals surface area contributed by atoms with E-state index in [0.29, 0.717) is 11.6 Å². The third-order valence-corrected chi connectivity index (χ3v) is 3.77. The van der Waals surface area contributed by atoms with Gasteiger partial charge in [-0.25, -0.2) is 9.78 Å². The predicted molar refractivity (Wildman–Crippen MR) is 85.2 cm³/mol. The molecule has 1 aliphatic heterocycles. The summed E-state index contributed by atoms with van der Waals surface area (Å²) in [7, 11) is 0. The van der Waals surface area contributed by atoms with Crippen LogP contribution in [0.25, 0.3) is 11.1 Å². The Morgan fingerprint density at radius 2 is 2.05 bits per heavy atom. The maximum absolute atomic E-state index is 11.1. The van der Waals surface area contributed by atoms with Gasteiger partial charge in [0.05, 0.1) is 12.2 Å². The molecule has 0 aromatic carbocycles. The van der Waals surface area contributed by atoms with Crippen molar-refractivity contribution in [2.75, 3.05) is 18.8 Å². The predicted octanol–water partition coefficient (Wildman–Crippen LogP) is 1.57. The average molecular weight is 324 g/mol. The maximum Gasteiger partial charge on any atom is 0.339 e. The van der Waals surface area contributed by atoms with Gasteiger partial charge in [0.2, 0.25) is 0 Å². The first-order chi connectivity index (χ1) is 10.1. The molecule has 118 valence electrons. The summed E-state index contributed by atoms with van der Waals surface area (Å²) in [6, 6.07) is 1.93. The number of carboxylic acids is 1. The third kappa shape index (κ3) is 3.20. The summed E-state index contributed by atoms with van der Waals surface area (Å²) < 4.78 is 1.95. The van der Waals surface area contributed by atoms with Gasteiger partial charge in [0, 0.05) is 23.5 Å². The van der Waals surface area contributed by atoms with Crippen LogP contribution in [-0.4, -0.2) is 38.9 Å². The molecule has 1 aliphatic rings. The molecule has 0 aliphatic carbocycles. The van der Waals surface area contributed by atoms with Crippen LogP contribution in [-0.2, 0) is 0 Å². The minimum absolute atomic E-state index is 0. The van der Waals surface area contributed by atoms with E-state index in [-0.39, 0.29) is 23.8 Å². The smallest absolute Gasteiger partial charge is 0.339 e. The summed E-state index contributed by atoms with van der Waals surface area (Å²) in [6.45, 7) is 1.99. The van der Waals surface area contributed by atoms with Crippen molar-refractivity contribution in [3.8, 4) is 11.1 Å². The number of nitrogens with two attached hydrogens (primary N) is 1. The highest BCUT2D eigenvalue weighted by Gasteiger charge is 2.17. The van der Waals surface area contributed by atoms with Gasteiger partial charge in [0.15, 0.2) is 0 Å². The van der Waals surface area contributed by atoms with Crippen molar-refractivity contribution in [2.45, 2.75) is 18.9 Å². The lowest BCUT2D eigenvalue weighted by Crippen LogP contribution is -2.29. The largest absolute Gasteiger partial charge is 0.478 e. The van der Waals surface area contributed by atoms with Crippen LogP contribution in [0.1, 0.15) is 29.2 Å². The van der Waals surface area contributed by atoms with Crippen LogP contribution in [0.15, 0.2) is 24.7 Å². The molecule has 1 fully saturated rings. The van der Waals surface area contributed by atoms with Crippen molar-refractivity contribution < 1.29 is 9.90 Å². The molecule has 0 amide bonds. The second-order valence-electron chi connectivity index (χ2n) is 5.15. The molecule has 0 saturated carbocycles. The quantitative estimate of drug-likeness (QED) is 0.791. The van der Waals surface area contributed by atoms with Gasteiger partial charge in [-0.2, -0.15) is 5.10 Å². The van der Waals surface area contributed by atoms with E-state index >= 15 is 0 Å². The van der Waals surface area contributed by atoms with Crippen LogP contribution in [0.5, 0.6) is 0 Å². The fraction of sp³-hybridized carbons (Fsp3) is 0.357. The first kappa shape index (κ1) is 16.3. The standard InChI is InChI=1S/C14H17N5O2.ClH/c15-13-12(14(20)21)5-9(6-17-13)10-7-18-19(8-10)11-1-3-16-4-2-11;/h5-8,11,16H,1-4H2,(H2,15,17)(H,20,21);1H. The van der Waals surface area contributed by atoms with E-state index in [1.54, 1.807) is 12.4 Å². The SMILES string of the molecule is Cl.Nc1ncc(-c2cnn(C3CCNCC3)c2)cc1C(=O)O. The molecular weight excluding hydrogens is 306 g/mol. The summed E-state index contributed by atoms with van der Waals surface area (Å²) in [5.74, 6) is -1.05. The number of carbonyl (C=O) groups is 1. The normalized spacial score (nSPS) is 15.3. The maximum atomic E-state index is 11.1. The van der Waals surface area contributed by atoms with Crippen molar-refractivity contribution in [2.24, 2.45) is 0 Å². The van der Waals surface area contributed by atoms with Crippen molar-refractivity contribution >= 4 is 24.2 Å². The number of halogens is 1. The second kappa shape index (κ2) is 6.76. The molecule has 3 rings (SSSR count). The number of nitrogens with one attached hydrogen (secondary N) is 1. The molecule has 0 spiro atoms. The second-order valence-corrected chi connectivity index (χ2v) is 5.15. The zero-order valence-electron chi connectivity index (χ0n) is 11.9. The molecule has 2 aromatic heterocycles. The number of hydrogen-bond donors (Lipinski definition) is 3. The Morgan fingerprint density at radius 3 is 2.73 bits per heavy atom. The Hall–Kier alpha value is -2.12. The van der Waals surface area contributed by atoms with Crippen LogP contribution < -0.4 is 11.1 Å². The minimum Gasteiger partial charge on any atom is -0.478 e. The minimum atomic E-state index is -1.08. The zero-order chi connectivity index (χ0) is 14.8. The summed E-state index contributed by atoms with van der Waals surface area (Å²) >= 11 is 0. The van der Waals surface area contributed by atoms with Crippen molar-refractivity contribution in [3.63, 3.8) is 0 Å². The van der Waals surface area contributed by atoms with E-state index < -0.39 is 5.97 Å². The third-order valence-electron chi connectivity index (χ3n) is 3.77. The number of aromatic carboxylic acids is 1. The molecule has 2 aromatic rings. The Kier molecular flexibility index (Phi) is 4.99. The fourth-order valence-electron chi connectivity index (χ4n) is 2.56. The molecule has 22 heavy (non-hydrogen) atoms. The van der Waals surface area contributed by atoms with Crippen LogP contribution in [0.4, 0.5) is 5.82 Å². The molecule has 0 atom stereocenters. The number of aromatic nitrogens is 3. The van der Waals surface area contributed by atoms with Crippen molar-refractivity contribution in [3.05, 3.63) is 30.2 Å². The topological polar surface area (TPSA) is 106 Å². The highest BCUT2D eigenvalue weighted by atomic mass is 35.5. The van der Waals surface area contributed by atoms with Crippen molar-refractivity contribution in [1.82, 2.24) is 20.1 Å². The number of pyridine rings is 1. The first-order valence-electron chi connectivity index (χ1n) is 6.89. The summed E-state index contributed by atoms with van der Waals surface area (Å²) in [6.07, 6.45) is 7.34. The molecule has 1 saturated heterocycles. The molecule has 0 unspecified atom stereocenters. The lowest BCUT2D eigenvalue weighted by atomic mass is 10.1. The molecule has 3 heterocycles. The molecular formula is C14H18ClN5O2. The number of anilines is 1. The Labute approximate surface area is 133 Å². The average Bonchev–Trinajstić information content (AvgIpc) is 2.98. The summed E-state index contributed by atoms with van der Waals surface area (Å²) in [4.78, 5) is 15.1. The molecule has 0 radical (unpaired) electrons. The van der Waals surface area contributed by atoms with E-state index in [1.807, 2.05) is 10.9 Å². The van der Waals surface area contributed by atoms with Crippen LogP contribution in [0, 0.1) is 0 Å². The van der Waals surface area contributed by atoms with Gasteiger partial charge >= 0.3 is 5.97 Å². The van der Waals surface area contributed by atoms with Gasteiger partial charge in [0.1, 0.15) is 11.4 Å². The van der Waals surface area contributed by atoms with Gasteiger partial charge < -0.3 is 16.2 Å². The van der Waals surface area contributed by atoms with E-state index in [9.17, 15) is 4.79 Å². The van der Waals surface area contributed by atoms with Gasteiger partial charge in [0.25, 0.3) is 0 Å². The van der Waals surface area contributed by atoms with Crippen LogP contribution >= 0.6 is 12.4 Å². The number of carboxylic acid groups (broad SMARTS) is 1. The number of nitrogen functional groups attached to an aromatic ring is 1. The highest BCUT2D eigenvalue weighted by Crippen LogP contribution is 2.24. The van der Waals surface area contributed by atoms with E-state index in [1.165, 1.54) is 6.07 Å². The highest BCUT2D eigenvalue weighted by molar-refractivity contribution is 5.94. The fourth-order valence-corrected chi connectivity index (χ4v) is 2.56. The Bertz CT molecular complexity index is 667. The van der Waals surface area contributed by atoms with Crippen LogP contribution in [0.2, 0.25) is 0 Å². The molecule has 4 N–H and O–H groups in total. The molecule has 8 heteroatoms. The van der Waals surface area contributed by atoms with E-state index in [2.05, 4.69) is 15.4 Å². The summed E-state index contributed by atoms with van der Waals surface area (Å²) in [5, 5.41) is 16.8. The lowest BCUT2D eigenvalue weighted by Gasteiger charge is -2.22. The number of rotatable bonds is 3. The summed E-state index contributed by atoms with van der Waals surface area (Å²) in [5.41, 5.74) is 7.15. The van der Waals surface area contributed by atoms with Gasteiger partial charge in [-0.1, -0.05) is 0 Å². The Balaban J connectivity index is 0.00000176. The molecule has 0 bridgehead atoms. The number of nitrogens with zero attached hydrogens (tertiary/aromatic N) is 3. The molecule has 7 nitrogen and oxygen atoms in total. The van der Waals surface area contributed by atoms with Gasteiger partial charge in [-0.15, -0.1) is 12.4 Å². The van der Waals surface area contributed by atoms with E-state index in [0.717, 1.165) is 31.5 Å². The zero-order valence-corrected chi connectivity index (χ0v) is 12.7. The van der Waals surface area contributed by atoms with Gasteiger partial charge in [-0.3, -0.25) is 4.68 Å². The Morgan fingerprint density at radius 1 is 1.32 bits per heavy atom. The van der Waals surface area contributed by atoms with E-state index in [4.69, 9.17) is 10.8 Å². The lowest BCUT2D eigenvalue weighted by molar-refractivity contribution is 0.0697. The first-order valence-corrected chi connectivity index (χ1v) is 6.89. The van der Waals surface area contributed by atoms with Crippen molar-refractivity contribution in [1.29, 1.82) is 0 Å².